The second-order valence-corrected chi connectivity index (χ2v) is 3.25. The predicted octanol–water partition coefficient (Wildman–Crippen LogP) is -1.27. The van der Waals surface area contributed by atoms with Crippen LogP contribution in [0.15, 0.2) is 0 Å². The molecule has 1 fully saturated rings. The number of nitrogens with two attached hydrogens (primary N) is 2. The lowest BCUT2D eigenvalue weighted by Gasteiger charge is -2.03. The Morgan fingerprint density at radius 3 is 2.14 bits per heavy atom. The highest BCUT2D eigenvalue weighted by Gasteiger charge is 2.14. The lowest BCUT2D eigenvalue weighted by atomic mass is 10.4. The number of likely N-dealkylation sites (tertiary alicyclic amines) is 1. The van der Waals surface area contributed by atoms with Gasteiger partial charge in [-0.05, 0) is 6.42 Å². The van der Waals surface area contributed by atoms with Crippen LogP contribution in [0.5, 0.6) is 0 Å². The highest BCUT2D eigenvalue weighted by atomic mass is 16.2. The van der Waals surface area contributed by atoms with Crippen LogP contribution in [0.2, 0.25) is 0 Å². The largest absolute Gasteiger partial charge is 0.346 e. The van der Waals surface area contributed by atoms with E-state index in [2.05, 4.69) is 5.32 Å². The van der Waals surface area contributed by atoms with Crippen LogP contribution in [0.25, 0.3) is 0 Å². The molecule has 0 aromatic rings. The number of nitrogens with one attached hydrogen (secondary N) is 1. The molecule has 1 amide bonds. The molecule has 0 aromatic heterocycles. The van der Waals surface area contributed by atoms with Crippen molar-refractivity contribution in [1.82, 2.24) is 10.2 Å². The van der Waals surface area contributed by atoms with E-state index in [1.807, 2.05) is 7.05 Å². The van der Waals surface area contributed by atoms with Gasteiger partial charge in [0.1, 0.15) is 0 Å². The molecule has 0 aromatic carbocycles. The lowest BCUT2D eigenvalue weighted by Crippen LogP contribution is -2.27. The van der Waals surface area contributed by atoms with E-state index in [1.54, 1.807) is 4.90 Å². The highest BCUT2D eigenvalue weighted by Crippen LogP contribution is 2.04. The monoisotopic (exact) mass is 202 g/mol. The van der Waals surface area contributed by atoms with Gasteiger partial charge in [0.25, 0.3) is 0 Å². The summed E-state index contributed by atoms with van der Waals surface area (Å²) in [5.41, 5.74) is 10.3. The summed E-state index contributed by atoms with van der Waals surface area (Å²) in [6, 6.07) is 0. The van der Waals surface area contributed by atoms with Crippen molar-refractivity contribution in [3.8, 4) is 0 Å². The smallest absolute Gasteiger partial charge is 0.222 e. The van der Waals surface area contributed by atoms with E-state index in [1.165, 1.54) is 0 Å². The van der Waals surface area contributed by atoms with E-state index < -0.39 is 0 Å². The fourth-order valence-corrected chi connectivity index (χ4v) is 1.11. The van der Waals surface area contributed by atoms with E-state index in [4.69, 9.17) is 11.5 Å². The Hall–Kier alpha value is -0.650. The van der Waals surface area contributed by atoms with Gasteiger partial charge in [0, 0.05) is 46.2 Å². The van der Waals surface area contributed by atoms with Crippen LogP contribution in [0, 0.1) is 0 Å². The van der Waals surface area contributed by atoms with Gasteiger partial charge >= 0.3 is 0 Å². The summed E-state index contributed by atoms with van der Waals surface area (Å²) in [6.45, 7) is 4.09. The number of amides is 1. The van der Waals surface area contributed by atoms with Gasteiger partial charge in [-0.2, -0.15) is 0 Å². The third kappa shape index (κ3) is 6.82. The first-order valence-electron chi connectivity index (χ1n) is 5.07. The van der Waals surface area contributed by atoms with Crippen molar-refractivity contribution in [3.63, 3.8) is 0 Å². The SMILES string of the molecule is CN1CCCC1=O.NCCNCCN. The van der Waals surface area contributed by atoms with E-state index in [0.29, 0.717) is 19.0 Å². The van der Waals surface area contributed by atoms with Gasteiger partial charge in [0.15, 0.2) is 0 Å². The maximum Gasteiger partial charge on any atom is 0.222 e. The van der Waals surface area contributed by atoms with E-state index in [9.17, 15) is 4.79 Å². The second kappa shape index (κ2) is 8.93. The summed E-state index contributed by atoms with van der Waals surface area (Å²) in [4.78, 5) is 12.3. The number of hydrogen-bond donors (Lipinski definition) is 3. The second-order valence-electron chi connectivity index (χ2n) is 3.25. The minimum Gasteiger partial charge on any atom is -0.346 e. The number of nitrogens with zero attached hydrogens (tertiary/aromatic N) is 1. The van der Waals surface area contributed by atoms with Gasteiger partial charge in [-0.3, -0.25) is 4.79 Å². The van der Waals surface area contributed by atoms with Crippen LogP contribution in [-0.2, 0) is 4.79 Å². The van der Waals surface area contributed by atoms with Gasteiger partial charge in [-0.1, -0.05) is 0 Å². The average molecular weight is 202 g/mol. The molecule has 5 nitrogen and oxygen atoms in total. The first-order valence-corrected chi connectivity index (χ1v) is 5.07. The molecule has 5 N–H and O–H groups in total. The van der Waals surface area contributed by atoms with Gasteiger partial charge in [-0.25, -0.2) is 0 Å². The van der Waals surface area contributed by atoms with Gasteiger partial charge < -0.3 is 21.7 Å². The van der Waals surface area contributed by atoms with E-state index in [0.717, 1.165) is 32.5 Å². The zero-order valence-electron chi connectivity index (χ0n) is 8.96. The fraction of sp³-hybridized carbons (Fsp3) is 0.889. The highest BCUT2D eigenvalue weighted by molar-refractivity contribution is 5.77. The third-order valence-corrected chi connectivity index (χ3v) is 1.95. The third-order valence-electron chi connectivity index (χ3n) is 1.95. The summed E-state index contributed by atoms with van der Waals surface area (Å²) in [6.07, 6.45) is 1.81. The van der Waals surface area contributed by atoms with E-state index in [-0.39, 0.29) is 0 Å². The molecule has 1 heterocycles. The standard InChI is InChI=1S/C5H9NO.C4H13N3/c1-6-4-2-3-5(6)7;5-1-3-7-4-2-6/h2-4H2,1H3;7H,1-6H2. The molecule has 0 saturated carbocycles. The van der Waals surface area contributed by atoms with Crippen molar-refractivity contribution in [2.24, 2.45) is 11.5 Å². The molecule has 0 aliphatic carbocycles. The Balaban J connectivity index is 0.000000241. The molecule has 1 rings (SSSR count). The molecule has 1 aliphatic heterocycles. The molecule has 0 unspecified atom stereocenters. The number of hydrogen-bond acceptors (Lipinski definition) is 4. The molecule has 0 bridgehead atoms. The van der Waals surface area contributed by atoms with Crippen molar-refractivity contribution < 1.29 is 4.79 Å². The molecular formula is C9H22N4O. The molecule has 1 aliphatic rings. The first kappa shape index (κ1) is 13.4. The Morgan fingerprint density at radius 1 is 1.36 bits per heavy atom. The topological polar surface area (TPSA) is 84.4 Å². The van der Waals surface area contributed by atoms with Crippen LogP contribution in [0.3, 0.4) is 0 Å². The summed E-state index contributed by atoms with van der Waals surface area (Å²) in [7, 11) is 1.84. The summed E-state index contributed by atoms with van der Waals surface area (Å²) < 4.78 is 0. The molecular weight excluding hydrogens is 180 g/mol. The Morgan fingerprint density at radius 2 is 1.93 bits per heavy atom. The molecule has 14 heavy (non-hydrogen) atoms. The molecule has 0 spiro atoms. The van der Waals surface area contributed by atoms with Crippen LogP contribution < -0.4 is 16.8 Å². The van der Waals surface area contributed by atoms with Gasteiger partial charge in [0.05, 0.1) is 0 Å². The number of carbonyl (C=O) groups is 1. The zero-order chi connectivity index (χ0) is 10.8. The summed E-state index contributed by atoms with van der Waals surface area (Å²) >= 11 is 0. The van der Waals surface area contributed by atoms with Crippen molar-refractivity contribution in [3.05, 3.63) is 0 Å². The maximum absolute atomic E-state index is 10.5. The van der Waals surface area contributed by atoms with Crippen LogP contribution in [0.1, 0.15) is 12.8 Å². The molecule has 0 atom stereocenters. The Kier molecular flexibility index (Phi) is 8.51. The molecule has 1 saturated heterocycles. The van der Waals surface area contributed by atoms with Crippen molar-refractivity contribution in [2.75, 3.05) is 39.8 Å². The molecule has 84 valence electrons. The molecule has 0 radical (unpaired) electrons. The Labute approximate surface area is 85.8 Å². The van der Waals surface area contributed by atoms with Crippen LogP contribution >= 0.6 is 0 Å². The normalized spacial score (nSPS) is 15.4. The van der Waals surface area contributed by atoms with Gasteiger partial charge in [-0.15, -0.1) is 0 Å². The van der Waals surface area contributed by atoms with Crippen molar-refractivity contribution >= 4 is 5.91 Å². The first-order chi connectivity index (χ1) is 6.72. The van der Waals surface area contributed by atoms with Crippen LogP contribution in [-0.4, -0.2) is 50.6 Å². The summed E-state index contributed by atoms with van der Waals surface area (Å²) in [5.74, 6) is 0.292. The van der Waals surface area contributed by atoms with Crippen molar-refractivity contribution in [1.29, 1.82) is 0 Å². The Bertz CT molecular complexity index is 148. The fourth-order valence-electron chi connectivity index (χ4n) is 1.11. The average Bonchev–Trinajstić information content (AvgIpc) is 2.53. The van der Waals surface area contributed by atoms with E-state index >= 15 is 0 Å². The minimum atomic E-state index is 0.292. The number of rotatable bonds is 4. The number of carbonyl (C=O) groups excluding carboxylic acids is 1. The van der Waals surface area contributed by atoms with Crippen LogP contribution in [0.4, 0.5) is 0 Å². The molecule has 5 heteroatoms. The maximum atomic E-state index is 10.5. The quantitative estimate of drug-likeness (QED) is 0.496. The summed E-state index contributed by atoms with van der Waals surface area (Å²) in [5, 5.41) is 3.03. The predicted molar refractivity (Wildman–Crippen MR) is 57.8 cm³/mol. The van der Waals surface area contributed by atoms with Gasteiger partial charge in [0.2, 0.25) is 5.91 Å². The van der Waals surface area contributed by atoms with Crippen molar-refractivity contribution in [2.45, 2.75) is 12.8 Å². The zero-order valence-corrected chi connectivity index (χ0v) is 8.96. The minimum absolute atomic E-state index is 0.292. The lowest BCUT2D eigenvalue weighted by molar-refractivity contribution is -0.126.